The van der Waals surface area contributed by atoms with Crippen LogP contribution in [0.15, 0.2) is 49.1 Å². The highest BCUT2D eigenvalue weighted by molar-refractivity contribution is 7.80. The SMILES string of the molecule is C=CCOC(=O)Oc1c(C)c2c(c3c1CC1[C@H]4c5c(cc(C)c(OC)c5O)C[C@@H]([C@H](C#N)N1[C@H]3CNC(=O)[C@H](C)NC(=S)Nc1ccccc1)N4C)OCO2. The number of nitriles is 1. The molecule has 4 aliphatic rings. The molecule has 3 aromatic carbocycles. The lowest BCUT2D eigenvalue weighted by Crippen LogP contribution is -2.69. The molecule has 3 aromatic rings. The van der Waals surface area contributed by atoms with Crippen molar-refractivity contribution in [1.29, 1.82) is 5.26 Å². The van der Waals surface area contributed by atoms with Gasteiger partial charge in [0, 0.05) is 46.6 Å². The lowest BCUT2D eigenvalue weighted by Gasteiger charge is -2.60. The number of carbonyl (C=O) groups is 2. The van der Waals surface area contributed by atoms with Gasteiger partial charge in [-0.15, -0.1) is 0 Å². The number of benzene rings is 3. The third-order valence-corrected chi connectivity index (χ3v) is 11.2. The predicted octanol–water partition coefficient (Wildman–Crippen LogP) is 4.71. The van der Waals surface area contributed by atoms with Crippen molar-refractivity contribution in [2.75, 3.05) is 39.4 Å². The molecule has 4 heterocycles. The van der Waals surface area contributed by atoms with Gasteiger partial charge in [-0.2, -0.15) is 5.26 Å². The van der Waals surface area contributed by atoms with Gasteiger partial charge in [-0.3, -0.25) is 14.6 Å². The number of piperazine rings is 1. The van der Waals surface area contributed by atoms with E-state index < -0.39 is 36.4 Å². The average molecular weight is 769 g/mol. The van der Waals surface area contributed by atoms with E-state index in [1.165, 1.54) is 13.2 Å². The summed E-state index contributed by atoms with van der Waals surface area (Å²) in [6.45, 7) is 8.92. The highest BCUT2D eigenvalue weighted by atomic mass is 32.1. The maximum Gasteiger partial charge on any atom is 0.514 e. The average Bonchev–Trinajstić information content (AvgIpc) is 3.65. The Morgan fingerprint density at radius 1 is 1.15 bits per heavy atom. The summed E-state index contributed by atoms with van der Waals surface area (Å²) in [6.07, 6.45) is 1.30. The van der Waals surface area contributed by atoms with Crippen molar-refractivity contribution in [3.8, 4) is 34.8 Å². The Kier molecular flexibility index (Phi) is 10.5. The third kappa shape index (κ3) is 6.64. The highest BCUT2D eigenvalue weighted by Crippen LogP contribution is 2.58. The Bertz CT molecular complexity index is 2090. The zero-order chi connectivity index (χ0) is 39.1. The summed E-state index contributed by atoms with van der Waals surface area (Å²) in [6, 6.07) is 10.8. The van der Waals surface area contributed by atoms with Crippen molar-refractivity contribution in [3.05, 3.63) is 82.4 Å². The molecule has 6 atom stereocenters. The number of phenols is 1. The van der Waals surface area contributed by atoms with Crippen molar-refractivity contribution >= 4 is 35.1 Å². The number of amides is 1. The molecular weight excluding hydrogens is 725 g/mol. The van der Waals surface area contributed by atoms with Crippen molar-refractivity contribution in [3.63, 3.8) is 0 Å². The highest BCUT2D eigenvalue weighted by Gasteiger charge is 2.57. The quantitative estimate of drug-likeness (QED) is 0.102. The van der Waals surface area contributed by atoms with Crippen LogP contribution in [-0.2, 0) is 22.4 Å². The number of aromatic hydroxyl groups is 1. The molecule has 4 N–H and O–H groups in total. The second-order valence-electron chi connectivity index (χ2n) is 14.1. The van der Waals surface area contributed by atoms with E-state index in [1.807, 2.05) is 50.4 Å². The van der Waals surface area contributed by atoms with Crippen LogP contribution in [0.25, 0.3) is 0 Å². The van der Waals surface area contributed by atoms with E-state index in [0.29, 0.717) is 45.9 Å². The van der Waals surface area contributed by atoms with Crippen LogP contribution >= 0.6 is 12.2 Å². The number of anilines is 1. The van der Waals surface area contributed by atoms with Crippen LogP contribution in [0.5, 0.6) is 28.7 Å². The number of fused-ring (bicyclic) bond motifs is 9. The molecule has 15 heteroatoms. The minimum Gasteiger partial charge on any atom is -0.504 e. The number of methoxy groups -OCH3 is 1. The fourth-order valence-corrected chi connectivity index (χ4v) is 9.00. The Morgan fingerprint density at radius 2 is 1.89 bits per heavy atom. The number of aryl methyl sites for hydroxylation is 1. The van der Waals surface area contributed by atoms with Crippen molar-refractivity contribution < 1.29 is 38.4 Å². The van der Waals surface area contributed by atoms with E-state index >= 15 is 0 Å². The minimum absolute atomic E-state index is 0.0455. The number of carbonyl (C=O) groups excluding carboxylic acids is 2. The molecule has 7 rings (SSSR count). The zero-order valence-electron chi connectivity index (χ0n) is 31.3. The van der Waals surface area contributed by atoms with E-state index in [4.69, 9.17) is 35.9 Å². The maximum absolute atomic E-state index is 13.8. The number of hydrogen-bond donors (Lipinski definition) is 4. The summed E-state index contributed by atoms with van der Waals surface area (Å²) in [4.78, 5) is 31.1. The van der Waals surface area contributed by atoms with Crippen LogP contribution in [0.2, 0.25) is 0 Å². The standard InChI is InChI=1S/C40H44N6O8S/c1-7-13-51-40(49)54-35-21(3)36-37(53-19-52-36)31-25(35)16-27-32-30-23(14-20(2)34(50-6)33(30)47)15-26(45(32)5)28(17-41)46(27)29(31)18-42-38(48)22(4)43-39(55)44-24-11-9-8-10-12-24/h7-12,14,22,26-29,32,47H,1,13,15-16,18-19H2,2-6H3,(H,42,48)(H2,43,44,55)/t22-,26-,27?,28-,29-,32-/m0/s1. The molecule has 0 radical (unpaired) electrons. The molecule has 0 saturated carbocycles. The van der Waals surface area contributed by atoms with E-state index in [2.05, 4.69) is 38.4 Å². The van der Waals surface area contributed by atoms with Crippen LogP contribution < -0.4 is 34.9 Å². The Hall–Kier alpha value is -5.56. The third-order valence-electron chi connectivity index (χ3n) is 11.0. The molecule has 2 bridgehead atoms. The first kappa shape index (κ1) is 37.7. The summed E-state index contributed by atoms with van der Waals surface area (Å²) in [5, 5.41) is 32.3. The zero-order valence-corrected chi connectivity index (χ0v) is 32.1. The fourth-order valence-electron chi connectivity index (χ4n) is 8.71. The molecule has 1 amide bonds. The van der Waals surface area contributed by atoms with E-state index in [-0.39, 0.29) is 54.9 Å². The van der Waals surface area contributed by atoms with Gasteiger partial charge >= 0.3 is 6.16 Å². The van der Waals surface area contributed by atoms with Crippen LogP contribution in [0, 0.1) is 25.2 Å². The Labute approximate surface area is 324 Å². The molecule has 1 fully saturated rings. The van der Waals surface area contributed by atoms with Crippen LogP contribution in [0.3, 0.4) is 0 Å². The molecule has 0 aromatic heterocycles. The molecule has 14 nitrogen and oxygen atoms in total. The van der Waals surface area contributed by atoms with Gasteiger partial charge in [-0.05, 0) is 76.1 Å². The first-order valence-electron chi connectivity index (χ1n) is 18.1. The van der Waals surface area contributed by atoms with Gasteiger partial charge in [-0.1, -0.05) is 36.9 Å². The van der Waals surface area contributed by atoms with Gasteiger partial charge in [0.05, 0.1) is 25.3 Å². The smallest absolute Gasteiger partial charge is 0.504 e. The van der Waals surface area contributed by atoms with Gasteiger partial charge in [-0.25, -0.2) is 4.79 Å². The second-order valence-corrected chi connectivity index (χ2v) is 14.5. The van der Waals surface area contributed by atoms with Crippen LogP contribution in [0.4, 0.5) is 10.5 Å². The van der Waals surface area contributed by atoms with Crippen molar-refractivity contribution in [2.45, 2.75) is 69.9 Å². The molecule has 4 aliphatic heterocycles. The largest absolute Gasteiger partial charge is 0.514 e. The van der Waals surface area contributed by atoms with Gasteiger partial charge in [0.2, 0.25) is 12.7 Å². The number of hydrogen-bond acceptors (Lipinski definition) is 12. The van der Waals surface area contributed by atoms with Gasteiger partial charge in [0.15, 0.2) is 28.1 Å². The lowest BCUT2D eigenvalue weighted by molar-refractivity contribution is -0.123. The van der Waals surface area contributed by atoms with Crippen molar-refractivity contribution in [2.24, 2.45) is 0 Å². The summed E-state index contributed by atoms with van der Waals surface area (Å²) < 4.78 is 29.0. The second kappa shape index (κ2) is 15.3. The number of ether oxygens (including phenoxy) is 5. The summed E-state index contributed by atoms with van der Waals surface area (Å²) in [5.41, 5.74) is 5.03. The molecule has 1 unspecified atom stereocenters. The van der Waals surface area contributed by atoms with E-state index in [0.717, 1.165) is 16.8 Å². The molecule has 1 saturated heterocycles. The normalized spacial score (nSPS) is 22.4. The number of para-hydroxylation sites is 1. The molecule has 55 heavy (non-hydrogen) atoms. The maximum atomic E-state index is 13.8. The van der Waals surface area contributed by atoms with E-state index in [9.17, 15) is 20.0 Å². The van der Waals surface area contributed by atoms with Crippen LogP contribution in [-0.4, -0.2) is 90.4 Å². The van der Waals surface area contributed by atoms with Gasteiger partial charge in [0.25, 0.3) is 0 Å². The fraction of sp³-hybridized carbons (Fsp3) is 0.400. The topological polar surface area (TPSA) is 167 Å². The summed E-state index contributed by atoms with van der Waals surface area (Å²) in [7, 11) is 3.49. The number of phenolic OH excluding ortho intramolecular Hbond substituents is 1. The summed E-state index contributed by atoms with van der Waals surface area (Å²) in [5.74, 6) is 1.20. The molecule has 288 valence electrons. The van der Waals surface area contributed by atoms with Gasteiger partial charge in [0.1, 0.15) is 24.4 Å². The number of likely N-dealkylation sites (N-methyl/N-ethyl adjacent to an activating group) is 1. The Balaban J connectivity index is 1.32. The summed E-state index contributed by atoms with van der Waals surface area (Å²) >= 11 is 5.50. The predicted molar refractivity (Wildman–Crippen MR) is 207 cm³/mol. The molecule has 0 spiro atoms. The first-order chi connectivity index (χ1) is 26.5. The Morgan fingerprint density at radius 3 is 2.60 bits per heavy atom. The van der Waals surface area contributed by atoms with Gasteiger partial charge < -0.3 is 44.7 Å². The first-order valence-corrected chi connectivity index (χ1v) is 18.5. The van der Waals surface area contributed by atoms with Crippen molar-refractivity contribution in [1.82, 2.24) is 20.4 Å². The van der Waals surface area contributed by atoms with E-state index in [1.54, 1.807) is 13.8 Å². The van der Waals surface area contributed by atoms with Crippen LogP contribution in [0.1, 0.15) is 52.4 Å². The monoisotopic (exact) mass is 768 g/mol. The molecule has 0 aliphatic carbocycles. The lowest BCUT2D eigenvalue weighted by atomic mass is 9.71. The number of nitrogens with one attached hydrogen (secondary N) is 3. The number of thiocarbonyl (C=S) groups is 1. The minimum atomic E-state index is -0.923. The molecular formula is C40H44N6O8S. The number of nitrogens with zero attached hydrogens (tertiary/aromatic N) is 3. The number of rotatable bonds is 9.